The molecule has 24 heavy (non-hydrogen) atoms. The summed E-state index contributed by atoms with van der Waals surface area (Å²) in [5.74, 6) is 0.821. The van der Waals surface area contributed by atoms with Crippen LogP contribution in [0.4, 0.5) is 5.69 Å². The van der Waals surface area contributed by atoms with Crippen molar-refractivity contribution in [3.63, 3.8) is 0 Å². The van der Waals surface area contributed by atoms with Crippen molar-refractivity contribution in [2.75, 3.05) is 11.9 Å². The van der Waals surface area contributed by atoms with Crippen molar-refractivity contribution < 1.29 is 19.1 Å². The number of hydrogen-bond donors (Lipinski definition) is 1. The topological polar surface area (TPSA) is 64.6 Å². The molecule has 0 atom stereocenters. The minimum Gasteiger partial charge on any atom is -0.482 e. The van der Waals surface area contributed by atoms with Crippen molar-refractivity contribution in [3.05, 3.63) is 54.1 Å². The molecule has 126 valence electrons. The number of carbonyl (C=O) groups is 2. The lowest BCUT2D eigenvalue weighted by Crippen LogP contribution is -2.17. The molecule has 0 saturated carbocycles. The van der Waals surface area contributed by atoms with Crippen LogP contribution in [0.5, 0.6) is 11.5 Å². The van der Waals surface area contributed by atoms with Gasteiger partial charge in [-0.05, 0) is 47.9 Å². The number of rotatable bonds is 6. The first-order valence-electron chi connectivity index (χ1n) is 7.75. The van der Waals surface area contributed by atoms with Gasteiger partial charge < -0.3 is 14.8 Å². The summed E-state index contributed by atoms with van der Waals surface area (Å²) in [7, 11) is 0. The highest BCUT2D eigenvalue weighted by atomic mass is 16.6. The van der Waals surface area contributed by atoms with Crippen LogP contribution in [0.15, 0.2) is 48.5 Å². The molecule has 1 N–H and O–H groups in total. The lowest BCUT2D eigenvalue weighted by atomic mass is 10.0. The summed E-state index contributed by atoms with van der Waals surface area (Å²) in [6.45, 7) is 5.49. The highest BCUT2D eigenvalue weighted by Crippen LogP contribution is 2.19. The Bertz CT molecular complexity index is 690. The van der Waals surface area contributed by atoms with Gasteiger partial charge in [-0.2, -0.15) is 0 Å². The Morgan fingerprint density at radius 2 is 1.54 bits per heavy atom. The number of ether oxygens (including phenoxy) is 2. The number of benzene rings is 2. The fourth-order valence-electron chi connectivity index (χ4n) is 2.06. The van der Waals surface area contributed by atoms with E-state index in [0.29, 0.717) is 23.1 Å². The molecule has 0 spiro atoms. The maximum atomic E-state index is 11.8. The van der Waals surface area contributed by atoms with Crippen LogP contribution in [0.3, 0.4) is 0 Å². The molecule has 0 saturated heterocycles. The fraction of sp³-hybridized carbons (Fsp3) is 0.263. The van der Waals surface area contributed by atoms with Gasteiger partial charge in [-0.1, -0.05) is 26.0 Å². The second kappa shape index (κ2) is 8.15. The summed E-state index contributed by atoms with van der Waals surface area (Å²) in [4.78, 5) is 22.7. The molecule has 2 rings (SSSR count). The van der Waals surface area contributed by atoms with E-state index in [1.54, 1.807) is 24.3 Å². The Labute approximate surface area is 141 Å². The van der Waals surface area contributed by atoms with Gasteiger partial charge in [0.2, 0.25) is 5.91 Å². The van der Waals surface area contributed by atoms with Crippen molar-refractivity contribution in [1.82, 2.24) is 0 Å². The van der Waals surface area contributed by atoms with Crippen molar-refractivity contribution in [2.24, 2.45) is 0 Å². The normalized spacial score (nSPS) is 10.3. The molecule has 2 aromatic carbocycles. The molecule has 0 aliphatic carbocycles. The Kier molecular flexibility index (Phi) is 5.95. The monoisotopic (exact) mass is 327 g/mol. The van der Waals surface area contributed by atoms with Crippen LogP contribution in [0.25, 0.3) is 0 Å². The molecular weight excluding hydrogens is 306 g/mol. The van der Waals surface area contributed by atoms with E-state index < -0.39 is 5.97 Å². The van der Waals surface area contributed by atoms with Gasteiger partial charge >= 0.3 is 5.97 Å². The standard InChI is InChI=1S/C19H21NO4/c1-13(2)15-4-8-17(9-5-15)23-12-19(22)24-18-10-6-16(7-11-18)20-14(3)21/h4-11,13H,12H2,1-3H3,(H,20,21). The minimum absolute atomic E-state index is 0.156. The van der Waals surface area contributed by atoms with Gasteiger partial charge in [0.25, 0.3) is 0 Å². The lowest BCUT2D eigenvalue weighted by molar-refractivity contribution is -0.136. The third kappa shape index (κ3) is 5.43. The predicted molar refractivity (Wildman–Crippen MR) is 92.4 cm³/mol. The number of amides is 1. The molecular formula is C19H21NO4. The first kappa shape index (κ1) is 17.5. The Morgan fingerprint density at radius 1 is 0.958 bits per heavy atom. The second-order valence-corrected chi connectivity index (χ2v) is 5.69. The van der Waals surface area contributed by atoms with Gasteiger partial charge in [-0.25, -0.2) is 4.79 Å². The van der Waals surface area contributed by atoms with E-state index in [2.05, 4.69) is 19.2 Å². The Morgan fingerprint density at radius 3 is 2.08 bits per heavy atom. The average Bonchev–Trinajstić information content (AvgIpc) is 2.54. The predicted octanol–water partition coefficient (Wildman–Crippen LogP) is 3.75. The molecule has 0 radical (unpaired) electrons. The molecule has 0 aliphatic rings. The molecule has 0 fully saturated rings. The summed E-state index contributed by atoms with van der Waals surface area (Å²) < 4.78 is 10.6. The van der Waals surface area contributed by atoms with Crippen molar-refractivity contribution in [2.45, 2.75) is 26.7 Å². The van der Waals surface area contributed by atoms with E-state index >= 15 is 0 Å². The van der Waals surface area contributed by atoms with Gasteiger partial charge in [0.05, 0.1) is 0 Å². The van der Waals surface area contributed by atoms with Crippen molar-refractivity contribution >= 4 is 17.6 Å². The maximum Gasteiger partial charge on any atom is 0.349 e. The maximum absolute atomic E-state index is 11.8. The quantitative estimate of drug-likeness (QED) is 0.648. The third-order valence-electron chi connectivity index (χ3n) is 3.31. The van der Waals surface area contributed by atoms with Crippen LogP contribution in [0.1, 0.15) is 32.3 Å². The van der Waals surface area contributed by atoms with E-state index in [9.17, 15) is 9.59 Å². The van der Waals surface area contributed by atoms with E-state index in [0.717, 1.165) is 0 Å². The number of carbonyl (C=O) groups excluding carboxylic acids is 2. The van der Waals surface area contributed by atoms with Crippen LogP contribution >= 0.6 is 0 Å². The molecule has 0 bridgehead atoms. The Hall–Kier alpha value is -2.82. The molecule has 1 amide bonds. The highest BCUT2D eigenvalue weighted by molar-refractivity contribution is 5.88. The van der Waals surface area contributed by atoms with Crippen LogP contribution in [-0.4, -0.2) is 18.5 Å². The second-order valence-electron chi connectivity index (χ2n) is 5.69. The van der Waals surface area contributed by atoms with Gasteiger partial charge in [-0.15, -0.1) is 0 Å². The zero-order valence-electron chi connectivity index (χ0n) is 14.0. The SMILES string of the molecule is CC(=O)Nc1ccc(OC(=O)COc2ccc(C(C)C)cc2)cc1. The number of esters is 1. The molecule has 0 unspecified atom stereocenters. The van der Waals surface area contributed by atoms with E-state index in [1.165, 1.54) is 12.5 Å². The largest absolute Gasteiger partial charge is 0.482 e. The first-order valence-corrected chi connectivity index (χ1v) is 7.75. The number of nitrogens with one attached hydrogen (secondary N) is 1. The van der Waals surface area contributed by atoms with Gasteiger partial charge in [0.1, 0.15) is 11.5 Å². The number of hydrogen-bond acceptors (Lipinski definition) is 4. The van der Waals surface area contributed by atoms with Gasteiger partial charge in [0.15, 0.2) is 6.61 Å². The summed E-state index contributed by atoms with van der Waals surface area (Å²) >= 11 is 0. The molecule has 0 aliphatic heterocycles. The lowest BCUT2D eigenvalue weighted by Gasteiger charge is -2.09. The molecule has 0 aromatic heterocycles. The van der Waals surface area contributed by atoms with Gasteiger partial charge in [-0.3, -0.25) is 4.79 Å². The molecule has 2 aromatic rings. The zero-order valence-corrected chi connectivity index (χ0v) is 14.0. The van der Waals surface area contributed by atoms with E-state index in [1.807, 2.05) is 24.3 Å². The summed E-state index contributed by atoms with van der Waals surface area (Å²) in [6.07, 6.45) is 0. The summed E-state index contributed by atoms with van der Waals surface area (Å²) in [6, 6.07) is 14.2. The van der Waals surface area contributed by atoms with Crippen LogP contribution < -0.4 is 14.8 Å². The smallest absolute Gasteiger partial charge is 0.349 e. The van der Waals surface area contributed by atoms with E-state index in [-0.39, 0.29) is 12.5 Å². The fourth-order valence-corrected chi connectivity index (χ4v) is 2.06. The van der Waals surface area contributed by atoms with Crippen molar-refractivity contribution in [1.29, 1.82) is 0 Å². The summed E-state index contributed by atoms with van der Waals surface area (Å²) in [5.41, 5.74) is 1.85. The average molecular weight is 327 g/mol. The van der Waals surface area contributed by atoms with Crippen LogP contribution in [0.2, 0.25) is 0 Å². The first-order chi connectivity index (χ1) is 11.4. The molecule has 5 nitrogen and oxygen atoms in total. The van der Waals surface area contributed by atoms with E-state index in [4.69, 9.17) is 9.47 Å². The summed E-state index contributed by atoms with van der Waals surface area (Å²) in [5, 5.41) is 2.64. The zero-order chi connectivity index (χ0) is 17.5. The Balaban J connectivity index is 1.83. The molecule has 5 heteroatoms. The van der Waals surface area contributed by atoms with Crippen LogP contribution in [0, 0.1) is 0 Å². The number of anilines is 1. The molecule has 0 heterocycles. The minimum atomic E-state index is -0.491. The third-order valence-corrected chi connectivity index (χ3v) is 3.31. The van der Waals surface area contributed by atoms with Crippen LogP contribution in [-0.2, 0) is 9.59 Å². The van der Waals surface area contributed by atoms with Crippen molar-refractivity contribution in [3.8, 4) is 11.5 Å². The highest BCUT2D eigenvalue weighted by Gasteiger charge is 2.07. The van der Waals surface area contributed by atoms with Gasteiger partial charge in [0, 0.05) is 12.6 Å².